The molecule has 2 aromatic rings. The molecular weight excluding hydrogens is 376 g/mol. The van der Waals surface area contributed by atoms with Crippen LogP contribution in [0.1, 0.15) is 56.7 Å². The number of carbonyl (C=O) groups is 1. The SMILES string of the molecule is CC(/C=C/c1ccc2c(c1)OCO2)=N/NC(=O)C1CC1c1ccc(C(C)(C)C)cc1. The van der Waals surface area contributed by atoms with E-state index in [1.165, 1.54) is 11.1 Å². The first-order chi connectivity index (χ1) is 14.3. The van der Waals surface area contributed by atoms with Crippen molar-refractivity contribution in [2.75, 3.05) is 6.79 Å². The van der Waals surface area contributed by atoms with Crippen molar-refractivity contribution in [1.82, 2.24) is 5.43 Å². The Hall–Kier alpha value is -3.08. The highest BCUT2D eigenvalue weighted by Gasteiger charge is 2.44. The Labute approximate surface area is 177 Å². The highest BCUT2D eigenvalue weighted by Crippen LogP contribution is 2.47. The van der Waals surface area contributed by atoms with Crippen molar-refractivity contribution in [3.63, 3.8) is 0 Å². The number of fused-ring (bicyclic) bond motifs is 1. The summed E-state index contributed by atoms with van der Waals surface area (Å²) >= 11 is 0. The smallest absolute Gasteiger partial charge is 0.243 e. The summed E-state index contributed by atoms with van der Waals surface area (Å²) in [6.45, 7) is 8.74. The number of hydrogen-bond donors (Lipinski definition) is 1. The van der Waals surface area contributed by atoms with Crippen molar-refractivity contribution in [3.8, 4) is 11.5 Å². The van der Waals surface area contributed by atoms with Gasteiger partial charge in [-0.05, 0) is 59.6 Å². The molecule has 1 amide bonds. The van der Waals surface area contributed by atoms with Crippen LogP contribution < -0.4 is 14.9 Å². The second-order valence-corrected chi connectivity index (χ2v) is 9.00. The van der Waals surface area contributed by atoms with Crippen LogP contribution in [-0.2, 0) is 10.2 Å². The maximum Gasteiger partial charge on any atom is 0.243 e. The predicted molar refractivity (Wildman–Crippen MR) is 119 cm³/mol. The number of hydrazone groups is 1. The van der Waals surface area contributed by atoms with Crippen LogP contribution in [0.3, 0.4) is 0 Å². The highest BCUT2D eigenvalue weighted by atomic mass is 16.7. The summed E-state index contributed by atoms with van der Waals surface area (Å²) in [6, 6.07) is 14.4. The Kier molecular flexibility index (Phi) is 5.37. The molecule has 1 heterocycles. The standard InChI is InChI=1S/C25H28N2O3/c1-16(5-6-17-7-12-22-23(13-17)30-15-29-22)26-27-24(28)21-14-20(21)18-8-10-19(11-9-18)25(2,3)4/h5-13,20-21H,14-15H2,1-4H3,(H,27,28)/b6-5+,26-16-. The molecule has 4 rings (SSSR count). The van der Waals surface area contributed by atoms with Gasteiger partial charge in [-0.3, -0.25) is 4.79 Å². The van der Waals surface area contributed by atoms with Gasteiger partial charge in [-0.1, -0.05) is 57.2 Å². The summed E-state index contributed by atoms with van der Waals surface area (Å²) in [5.74, 6) is 1.78. The van der Waals surface area contributed by atoms with Gasteiger partial charge < -0.3 is 9.47 Å². The first-order valence-corrected chi connectivity index (χ1v) is 10.3. The fraction of sp³-hybridized carbons (Fsp3) is 0.360. The summed E-state index contributed by atoms with van der Waals surface area (Å²) in [6.07, 6.45) is 4.68. The van der Waals surface area contributed by atoms with E-state index in [0.29, 0.717) is 5.92 Å². The number of amides is 1. The summed E-state index contributed by atoms with van der Waals surface area (Å²) in [5.41, 5.74) is 7.10. The predicted octanol–water partition coefficient (Wildman–Crippen LogP) is 5.02. The van der Waals surface area contributed by atoms with E-state index in [9.17, 15) is 4.79 Å². The van der Waals surface area contributed by atoms with E-state index in [-0.39, 0.29) is 24.0 Å². The lowest BCUT2D eigenvalue weighted by Crippen LogP contribution is -2.21. The fourth-order valence-corrected chi connectivity index (χ4v) is 3.58. The van der Waals surface area contributed by atoms with Crippen LogP contribution in [0.25, 0.3) is 6.08 Å². The second-order valence-electron chi connectivity index (χ2n) is 9.00. The monoisotopic (exact) mass is 404 g/mol. The van der Waals surface area contributed by atoms with E-state index in [1.54, 1.807) is 0 Å². The topological polar surface area (TPSA) is 59.9 Å². The third-order valence-electron chi connectivity index (χ3n) is 5.59. The molecule has 30 heavy (non-hydrogen) atoms. The van der Waals surface area contributed by atoms with Gasteiger partial charge in [0.2, 0.25) is 12.7 Å². The van der Waals surface area contributed by atoms with Crippen LogP contribution in [0.2, 0.25) is 0 Å². The van der Waals surface area contributed by atoms with Gasteiger partial charge in [-0.25, -0.2) is 5.43 Å². The van der Waals surface area contributed by atoms with Crippen LogP contribution in [0, 0.1) is 5.92 Å². The van der Waals surface area contributed by atoms with E-state index < -0.39 is 0 Å². The Balaban J connectivity index is 1.30. The summed E-state index contributed by atoms with van der Waals surface area (Å²) in [5, 5.41) is 4.22. The normalized spacial score (nSPS) is 20.5. The van der Waals surface area contributed by atoms with Crippen LogP contribution in [0.4, 0.5) is 0 Å². The molecule has 1 saturated carbocycles. The van der Waals surface area contributed by atoms with E-state index in [0.717, 1.165) is 29.2 Å². The molecule has 2 aliphatic rings. The number of allylic oxidation sites excluding steroid dienone is 1. The molecule has 5 nitrogen and oxygen atoms in total. The quantitative estimate of drug-likeness (QED) is 0.562. The zero-order valence-electron chi connectivity index (χ0n) is 17.9. The number of ether oxygens (including phenoxy) is 2. The fourth-order valence-electron chi connectivity index (χ4n) is 3.58. The molecule has 1 aliphatic carbocycles. The number of nitrogens with zero attached hydrogens (tertiary/aromatic N) is 1. The largest absolute Gasteiger partial charge is 0.454 e. The van der Waals surface area contributed by atoms with Crippen molar-refractivity contribution in [1.29, 1.82) is 0 Å². The molecule has 5 heteroatoms. The van der Waals surface area contributed by atoms with Crippen molar-refractivity contribution in [2.45, 2.75) is 45.4 Å². The van der Waals surface area contributed by atoms with E-state index in [1.807, 2.05) is 37.3 Å². The summed E-state index contributed by atoms with van der Waals surface area (Å²) in [4.78, 5) is 12.4. The van der Waals surface area contributed by atoms with Gasteiger partial charge in [0.15, 0.2) is 11.5 Å². The number of hydrogen-bond acceptors (Lipinski definition) is 4. The maximum atomic E-state index is 12.4. The van der Waals surface area contributed by atoms with Crippen LogP contribution in [0.5, 0.6) is 11.5 Å². The summed E-state index contributed by atoms with van der Waals surface area (Å²) in [7, 11) is 0. The van der Waals surface area contributed by atoms with Gasteiger partial charge in [0.1, 0.15) is 0 Å². The molecule has 0 bridgehead atoms. The molecule has 2 unspecified atom stereocenters. The number of benzene rings is 2. The van der Waals surface area contributed by atoms with E-state index >= 15 is 0 Å². The van der Waals surface area contributed by atoms with E-state index in [2.05, 4.69) is 55.6 Å². The summed E-state index contributed by atoms with van der Waals surface area (Å²) < 4.78 is 10.7. The lowest BCUT2D eigenvalue weighted by Gasteiger charge is -2.19. The van der Waals surface area contributed by atoms with Gasteiger partial charge in [0.05, 0.1) is 5.71 Å². The lowest BCUT2D eigenvalue weighted by molar-refractivity contribution is -0.122. The molecule has 0 radical (unpaired) electrons. The Bertz CT molecular complexity index is 1000. The van der Waals surface area contributed by atoms with Gasteiger partial charge in [-0.15, -0.1) is 0 Å². The average molecular weight is 405 g/mol. The third kappa shape index (κ3) is 4.56. The second kappa shape index (κ2) is 7.98. The number of nitrogens with one attached hydrogen (secondary N) is 1. The van der Waals surface area contributed by atoms with Crippen LogP contribution in [-0.4, -0.2) is 18.4 Å². The number of rotatable bonds is 5. The molecule has 2 aromatic carbocycles. The Morgan fingerprint density at radius 1 is 1.10 bits per heavy atom. The Morgan fingerprint density at radius 3 is 2.57 bits per heavy atom. The first kappa shape index (κ1) is 20.2. The van der Waals surface area contributed by atoms with Crippen molar-refractivity contribution in [3.05, 3.63) is 65.2 Å². The van der Waals surface area contributed by atoms with Gasteiger partial charge in [0, 0.05) is 5.92 Å². The van der Waals surface area contributed by atoms with Gasteiger partial charge >= 0.3 is 0 Å². The average Bonchev–Trinajstić information content (AvgIpc) is 3.39. The molecule has 2 atom stereocenters. The maximum absolute atomic E-state index is 12.4. The molecule has 156 valence electrons. The van der Waals surface area contributed by atoms with Crippen molar-refractivity contribution in [2.24, 2.45) is 11.0 Å². The third-order valence-corrected chi connectivity index (χ3v) is 5.59. The zero-order chi connectivity index (χ0) is 21.3. The highest BCUT2D eigenvalue weighted by molar-refractivity contribution is 5.97. The van der Waals surface area contributed by atoms with Crippen molar-refractivity contribution >= 4 is 17.7 Å². The lowest BCUT2D eigenvalue weighted by atomic mass is 9.86. The van der Waals surface area contributed by atoms with Gasteiger partial charge in [0.25, 0.3) is 0 Å². The molecule has 1 aliphatic heterocycles. The number of carbonyl (C=O) groups excluding carboxylic acids is 1. The minimum Gasteiger partial charge on any atom is -0.454 e. The Morgan fingerprint density at radius 2 is 1.83 bits per heavy atom. The molecule has 0 spiro atoms. The molecule has 1 fully saturated rings. The van der Waals surface area contributed by atoms with E-state index in [4.69, 9.17) is 9.47 Å². The molecule has 1 N–H and O–H groups in total. The molecule has 0 aromatic heterocycles. The van der Waals surface area contributed by atoms with Crippen LogP contribution >= 0.6 is 0 Å². The van der Waals surface area contributed by atoms with Gasteiger partial charge in [-0.2, -0.15) is 5.10 Å². The molecular formula is C25H28N2O3. The van der Waals surface area contributed by atoms with Crippen LogP contribution in [0.15, 0.2) is 53.6 Å². The zero-order valence-corrected chi connectivity index (χ0v) is 17.9. The van der Waals surface area contributed by atoms with Crippen molar-refractivity contribution < 1.29 is 14.3 Å². The minimum absolute atomic E-state index is 0.000115. The molecule has 0 saturated heterocycles. The minimum atomic E-state index is -0.0178. The first-order valence-electron chi connectivity index (χ1n) is 10.3.